The van der Waals surface area contributed by atoms with Crippen LogP contribution >= 0.6 is 0 Å². The van der Waals surface area contributed by atoms with Crippen LogP contribution < -0.4 is 10.9 Å². The van der Waals surface area contributed by atoms with Gasteiger partial charge >= 0.3 is 5.88 Å². The minimum atomic E-state index is -0.731. The zero-order valence-corrected chi connectivity index (χ0v) is 14.6. The second-order valence-corrected chi connectivity index (χ2v) is 5.74. The van der Waals surface area contributed by atoms with Crippen molar-refractivity contribution in [2.75, 3.05) is 6.54 Å². The number of carbonyl (C=O) groups excluding carboxylic acids is 1. The second-order valence-electron chi connectivity index (χ2n) is 5.74. The molecule has 1 amide bonds. The lowest BCUT2D eigenvalue weighted by Crippen LogP contribution is -2.32. The van der Waals surface area contributed by atoms with Crippen LogP contribution in [0.4, 0.5) is 5.88 Å². The molecular formula is C16H16N6O5. The summed E-state index contributed by atoms with van der Waals surface area (Å²) in [5, 5.41) is 21.7. The van der Waals surface area contributed by atoms with Crippen molar-refractivity contribution in [1.29, 1.82) is 0 Å². The van der Waals surface area contributed by atoms with Crippen LogP contribution in [0.25, 0.3) is 5.82 Å². The molecule has 0 aliphatic carbocycles. The minimum absolute atomic E-state index is 0.0841. The number of nitrogens with one attached hydrogen (secondary N) is 1. The van der Waals surface area contributed by atoms with Crippen LogP contribution in [0.3, 0.4) is 0 Å². The zero-order chi connectivity index (χ0) is 19.6. The van der Waals surface area contributed by atoms with E-state index in [-0.39, 0.29) is 24.4 Å². The van der Waals surface area contributed by atoms with Gasteiger partial charge in [-0.2, -0.15) is 5.10 Å². The predicted octanol–water partition coefficient (Wildman–Crippen LogP) is 0.977. The number of aryl methyl sites for hydroxylation is 2. The smallest absolute Gasteiger partial charge is 0.395 e. The van der Waals surface area contributed by atoms with Gasteiger partial charge in [0.2, 0.25) is 0 Å². The Morgan fingerprint density at radius 3 is 2.67 bits per heavy atom. The third-order valence-electron chi connectivity index (χ3n) is 3.68. The van der Waals surface area contributed by atoms with Crippen molar-refractivity contribution in [3.8, 4) is 5.82 Å². The quantitative estimate of drug-likeness (QED) is 0.502. The third-order valence-corrected chi connectivity index (χ3v) is 3.68. The van der Waals surface area contributed by atoms with Crippen molar-refractivity contribution in [1.82, 2.24) is 24.9 Å². The molecule has 140 valence electrons. The normalized spacial score (nSPS) is 10.7. The topological polar surface area (TPSA) is 138 Å². The Morgan fingerprint density at radius 1 is 1.26 bits per heavy atom. The second kappa shape index (κ2) is 7.23. The van der Waals surface area contributed by atoms with Crippen molar-refractivity contribution in [3.63, 3.8) is 0 Å². The average molecular weight is 372 g/mol. The monoisotopic (exact) mass is 372 g/mol. The van der Waals surface area contributed by atoms with Crippen molar-refractivity contribution >= 4 is 11.8 Å². The molecule has 0 atom stereocenters. The SMILES string of the molecule is Cc1cc(C)n(-c2ccc(=O)n(CCNC(=O)c3ccc([N+](=O)[O-])o3)n2)n1. The molecule has 27 heavy (non-hydrogen) atoms. The van der Waals surface area contributed by atoms with Gasteiger partial charge in [-0.3, -0.25) is 19.7 Å². The molecule has 3 heterocycles. The predicted molar refractivity (Wildman–Crippen MR) is 92.8 cm³/mol. The Balaban J connectivity index is 1.68. The molecule has 0 saturated carbocycles. The summed E-state index contributed by atoms with van der Waals surface area (Å²) in [4.78, 5) is 33.8. The molecule has 0 aromatic carbocycles. The van der Waals surface area contributed by atoms with E-state index in [0.717, 1.165) is 17.5 Å². The molecule has 0 unspecified atom stereocenters. The van der Waals surface area contributed by atoms with E-state index in [4.69, 9.17) is 4.42 Å². The standard InChI is InChI=1S/C16H16N6O5/c1-10-9-11(2)21(18-10)13-4-5-14(23)20(19-13)8-7-17-16(24)12-3-6-15(27-12)22(25)26/h3-6,9H,7-8H2,1-2H3,(H,17,24). The maximum Gasteiger partial charge on any atom is 0.433 e. The van der Waals surface area contributed by atoms with E-state index < -0.39 is 16.7 Å². The highest BCUT2D eigenvalue weighted by molar-refractivity contribution is 5.91. The van der Waals surface area contributed by atoms with Gasteiger partial charge in [0.1, 0.15) is 4.92 Å². The Morgan fingerprint density at radius 2 is 2.04 bits per heavy atom. The summed E-state index contributed by atoms with van der Waals surface area (Å²) in [5.74, 6) is -0.840. The van der Waals surface area contributed by atoms with E-state index in [0.29, 0.717) is 5.82 Å². The summed E-state index contributed by atoms with van der Waals surface area (Å²) in [6.07, 6.45) is 0. The van der Waals surface area contributed by atoms with Crippen LogP contribution in [0.5, 0.6) is 0 Å². The van der Waals surface area contributed by atoms with Crippen LogP contribution in [0, 0.1) is 24.0 Å². The molecule has 0 aliphatic heterocycles. The summed E-state index contributed by atoms with van der Waals surface area (Å²) in [6, 6.07) is 7.13. The van der Waals surface area contributed by atoms with Crippen LogP contribution in [-0.2, 0) is 6.54 Å². The molecule has 0 radical (unpaired) electrons. The molecule has 3 rings (SSSR count). The molecule has 3 aromatic heterocycles. The lowest BCUT2D eigenvalue weighted by Gasteiger charge is -2.08. The lowest BCUT2D eigenvalue weighted by molar-refractivity contribution is -0.402. The van der Waals surface area contributed by atoms with Crippen molar-refractivity contribution in [3.05, 3.63) is 67.9 Å². The molecule has 0 saturated heterocycles. The fourth-order valence-corrected chi connectivity index (χ4v) is 2.48. The summed E-state index contributed by atoms with van der Waals surface area (Å²) in [5.41, 5.74) is 1.37. The fraction of sp³-hybridized carbons (Fsp3) is 0.250. The molecule has 0 spiro atoms. The van der Waals surface area contributed by atoms with Gasteiger partial charge in [-0.05, 0) is 32.0 Å². The lowest BCUT2D eigenvalue weighted by atomic mass is 10.4. The Labute approximate surface area is 152 Å². The number of amides is 1. The van der Waals surface area contributed by atoms with Gasteiger partial charge in [0.25, 0.3) is 11.5 Å². The molecule has 3 aromatic rings. The van der Waals surface area contributed by atoms with E-state index in [1.807, 2.05) is 19.9 Å². The van der Waals surface area contributed by atoms with Gasteiger partial charge < -0.3 is 9.73 Å². The van der Waals surface area contributed by atoms with Crippen LogP contribution in [-0.4, -0.2) is 36.9 Å². The number of hydrogen-bond acceptors (Lipinski definition) is 7. The molecular weight excluding hydrogens is 356 g/mol. The molecule has 11 nitrogen and oxygen atoms in total. The van der Waals surface area contributed by atoms with Crippen molar-refractivity contribution < 1.29 is 14.1 Å². The van der Waals surface area contributed by atoms with Crippen LogP contribution in [0.15, 0.2) is 39.5 Å². The highest BCUT2D eigenvalue weighted by Gasteiger charge is 2.17. The first-order valence-electron chi connectivity index (χ1n) is 7.99. The molecule has 0 fully saturated rings. The first kappa shape index (κ1) is 18.0. The highest BCUT2D eigenvalue weighted by Crippen LogP contribution is 2.15. The molecule has 0 aliphatic rings. The van der Waals surface area contributed by atoms with Crippen molar-refractivity contribution in [2.45, 2.75) is 20.4 Å². The molecule has 11 heteroatoms. The van der Waals surface area contributed by atoms with Gasteiger partial charge in [0.15, 0.2) is 11.6 Å². The first-order valence-corrected chi connectivity index (χ1v) is 7.99. The van der Waals surface area contributed by atoms with Crippen molar-refractivity contribution in [2.24, 2.45) is 0 Å². The van der Waals surface area contributed by atoms with E-state index in [2.05, 4.69) is 15.5 Å². The number of aromatic nitrogens is 4. The zero-order valence-electron chi connectivity index (χ0n) is 14.6. The first-order chi connectivity index (χ1) is 12.8. The van der Waals surface area contributed by atoms with Gasteiger partial charge in [-0.1, -0.05) is 0 Å². The van der Waals surface area contributed by atoms with Crippen LogP contribution in [0.2, 0.25) is 0 Å². The van der Waals surface area contributed by atoms with Gasteiger partial charge in [0, 0.05) is 18.3 Å². The fourth-order valence-electron chi connectivity index (χ4n) is 2.48. The molecule has 1 N–H and O–H groups in total. The highest BCUT2D eigenvalue weighted by atomic mass is 16.6. The number of carbonyl (C=O) groups is 1. The third kappa shape index (κ3) is 3.92. The summed E-state index contributed by atoms with van der Waals surface area (Å²) in [6.45, 7) is 3.93. The number of hydrogen-bond donors (Lipinski definition) is 1. The van der Waals surface area contributed by atoms with Gasteiger partial charge in [-0.15, -0.1) is 5.10 Å². The Bertz CT molecular complexity index is 1060. The molecule has 0 bridgehead atoms. The number of nitrogens with zero attached hydrogens (tertiary/aromatic N) is 5. The minimum Gasteiger partial charge on any atom is -0.395 e. The van der Waals surface area contributed by atoms with Gasteiger partial charge in [0.05, 0.1) is 18.3 Å². The van der Waals surface area contributed by atoms with E-state index in [1.165, 1.54) is 16.8 Å². The number of furan rings is 1. The van der Waals surface area contributed by atoms with E-state index in [9.17, 15) is 19.7 Å². The largest absolute Gasteiger partial charge is 0.433 e. The maximum absolute atomic E-state index is 12.0. The van der Waals surface area contributed by atoms with Crippen LogP contribution in [0.1, 0.15) is 21.9 Å². The number of rotatable bonds is 6. The Hall–Kier alpha value is -3.76. The van der Waals surface area contributed by atoms with E-state index >= 15 is 0 Å². The van der Waals surface area contributed by atoms with Gasteiger partial charge in [-0.25, -0.2) is 9.36 Å². The summed E-state index contributed by atoms with van der Waals surface area (Å²) in [7, 11) is 0. The summed E-state index contributed by atoms with van der Waals surface area (Å²) < 4.78 is 7.64. The summed E-state index contributed by atoms with van der Waals surface area (Å²) >= 11 is 0. The average Bonchev–Trinajstić information content (AvgIpc) is 3.23. The van der Waals surface area contributed by atoms with E-state index in [1.54, 1.807) is 10.7 Å². The maximum atomic E-state index is 12.0. The number of nitro groups is 1. The Kier molecular flexibility index (Phi) is 4.83.